The van der Waals surface area contributed by atoms with Crippen LogP contribution in [-0.2, 0) is 9.53 Å². The van der Waals surface area contributed by atoms with Crippen LogP contribution in [0.3, 0.4) is 0 Å². The van der Waals surface area contributed by atoms with Crippen LogP contribution >= 0.6 is 0 Å². The Morgan fingerprint density at radius 3 is 2.31 bits per heavy atom. The molecule has 0 atom stereocenters. The second-order valence-electron chi connectivity index (χ2n) is 5.50. The Bertz CT molecular complexity index is 235. The van der Waals surface area contributed by atoms with Crippen LogP contribution < -0.4 is 0 Å². The number of ether oxygens (including phenoxy) is 1. The van der Waals surface area contributed by atoms with E-state index >= 15 is 0 Å². The first-order valence-corrected chi connectivity index (χ1v) is 6.99. The lowest BCUT2D eigenvalue weighted by molar-refractivity contribution is -0.166. The number of hydrogen-bond donors (Lipinski definition) is 0. The minimum atomic E-state index is -0.0888. The van der Waals surface area contributed by atoms with E-state index in [1.54, 1.807) is 0 Å². The van der Waals surface area contributed by atoms with Gasteiger partial charge in [-0.1, -0.05) is 26.2 Å². The molecule has 0 amide bonds. The highest BCUT2D eigenvalue weighted by Gasteiger charge is 2.37. The third kappa shape index (κ3) is 2.58. The van der Waals surface area contributed by atoms with Gasteiger partial charge in [-0.25, -0.2) is 0 Å². The Morgan fingerprint density at radius 1 is 1.12 bits per heavy atom. The van der Waals surface area contributed by atoms with Gasteiger partial charge in [0.25, 0.3) is 0 Å². The lowest BCUT2D eigenvalue weighted by Gasteiger charge is -2.31. The van der Waals surface area contributed by atoms with Crippen molar-refractivity contribution in [3.05, 3.63) is 0 Å². The Kier molecular flexibility index (Phi) is 3.88. The molecule has 0 aromatic rings. The first kappa shape index (κ1) is 11.9. The van der Waals surface area contributed by atoms with Crippen LogP contribution in [-0.4, -0.2) is 11.6 Å². The number of esters is 1. The van der Waals surface area contributed by atoms with Gasteiger partial charge in [0.15, 0.2) is 0 Å². The molecule has 2 nitrogen and oxygen atoms in total. The largest absolute Gasteiger partial charge is 0.459 e. The summed E-state index contributed by atoms with van der Waals surface area (Å²) in [4.78, 5) is 12.1. The lowest BCUT2D eigenvalue weighted by Crippen LogP contribution is -2.34. The zero-order chi connectivity index (χ0) is 11.4. The first-order chi connectivity index (χ1) is 7.76. The molecule has 16 heavy (non-hydrogen) atoms. The molecule has 2 saturated carbocycles. The van der Waals surface area contributed by atoms with Crippen molar-refractivity contribution in [1.82, 2.24) is 0 Å². The highest BCUT2D eigenvalue weighted by molar-refractivity contribution is 5.73. The second-order valence-corrected chi connectivity index (χ2v) is 5.50. The Labute approximate surface area is 98.7 Å². The van der Waals surface area contributed by atoms with E-state index in [1.165, 1.54) is 32.1 Å². The first-order valence-electron chi connectivity index (χ1n) is 6.99. The van der Waals surface area contributed by atoms with Crippen molar-refractivity contribution < 1.29 is 9.53 Å². The van der Waals surface area contributed by atoms with Gasteiger partial charge in [0.2, 0.25) is 0 Å². The quantitative estimate of drug-likeness (QED) is 0.681. The standard InChI is InChI=1S/C14H24O2/c1-2-14(10-6-7-11-14)16-13(15)12-8-4-3-5-9-12/h12H,2-11H2,1H3. The van der Waals surface area contributed by atoms with E-state index in [0.29, 0.717) is 0 Å². The van der Waals surface area contributed by atoms with E-state index in [-0.39, 0.29) is 17.5 Å². The Balaban J connectivity index is 1.89. The predicted molar refractivity (Wildman–Crippen MR) is 64.2 cm³/mol. The van der Waals surface area contributed by atoms with Crippen LogP contribution in [0.5, 0.6) is 0 Å². The molecule has 0 N–H and O–H groups in total. The Morgan fingerprint density at radius 2 is 1.75 bits per heavy atom. The molecule has 0 saturated heterocycles. The molecular formula is C14H24O2. The van der Waals surface area contributed by atoms with Crippen molar-refractivity contribution in [3.63, 3.8) is 0 Å². The number of carbonyl (C=O) groups is 1. The summed E-state index contributed by atoms with van der Waals surface area (Å²) in [5, 5.41) is 0. The van der Waals surface area contributed by atoms with E-state index in [4.69, 9.17) is 4.74 Å². The van der Waals surface area contributed by atoms with Gasteiger partial charge in [-0.2, -0.15) is 0 Å². The van der Waals surface area contributed by atoms with Gasteiger partial charge in [0.05, 0.1) is 5.92 Å². The molecular weight excluding hydrogens is 200 g/mol. The minimum Gasteiger partial charge on any atom is -0.459 e. The van der Waals surface area contributed by atoms with Crippen molar-refractivity contribution in [2.75, 3.05) is 0 Å². The maximum atomic E-state index is 12.1. The fourth-order valence-electron chi connectivity index (χ4n) is 3.18. The smallest absolute Gasteiger partial charge is 0.309 e. The van der Waals surface area contributed by atoms with Gasteiger partial charge >= 0.3 is 5.97 Å². The minimum absolute atomic E-state index is 0.0888. The van der Waals surface area contributed by atoms with Gasteiger partial charge in [-0.15, -0.1) is 0 Å². The van der Waals surface area contributed by atoms with Crippen molar-refractivity contribution in [3.8, 4) is 0 Å². The lowest BCUT2D eigenvalue weighted by atomic mass is 9.89. The second kappa shape index (κ2) is 5.20. The van der Waals surface area contributed by atoms with Crippen LogP contribution in [0.15, 0.2) is 0 Å². The molecule has 2 aliphatic carbocycles. The fourth-order valence-corrected chi connectivity index (χ4v) is 3.18. The van der Waals surface area contributed by atoms with Crippen LogP contribution in [0, 0.1) is 5.92 Å². The van der Waals surface area contributed by atoms with Crippen molar-refractivity contribution in [2.45, 2.75) is 76.7 Å². The average Bonchev–Trinajstić information content (AvgIpc) is 2.79. The summed E-state index contributed by atoms with van der Waals surface area (Å²) in [6, 6.07) is 0. The highest BCUT2D eigenvalue weighted by Crippen LogP contribution is 2.37. The van der Waals surface area contributed by atoms with Crippen LogP contribution in [0.4, 0.5) is 0 Å². The van der Waals surface area contributed by atoms with E-state index in [9.17, 15) is 4.79 Å². The van der Waals surface area contributed by atoms with Crippen molar-refractivity contribution in [2.24, 2.45) is 5.92 Å². The topological polar surface area (TPSA) is 26.3 Å². The summed E-state index contributed by atoms with van der Waals surface area (Å²) >= 11 is 0. The zero-order valence-electron chi connectivity index (χ0n) is 10.5. The summed E-state index contributed by atoms with van der Waals surface area (Å²) in [6.45, 7) is 2.15. The molecule has 0 bridgehead atoms. The molecule has 0 aromatic carbocycles. The maximum absolute atomic E-state index is 12.1. The highest BCUT2D eigenvalue weighted by atomic mass is 16.6. The van der Waals surface area contributed by atoms with Gasteiger partial charge in [0, 0.05) is 0 Å². The summed E-state index contributed by atoms with van der Waals surface area (Å²) in [5.74, 6) is 0.307. The van der Waals surface area contributed by atoms with Gasteiger partial charge in [-0.3, -0.25) is 4.79 Å². The van der Waals surface area contributed by atoms with Crippen LogP contribution in [0.2, 0.25) is 0 Å². The molecule has 0 aromatic heterocycles. The zero-order valence-corrected chi connectivity index (χ0v) is 10.5. The summed E-state index contributed by atoms with van der Waals surface area (Å²) < 4.78 is 5.85. The van der Waals surface area contributed by atoms with Crippen LogP contribution in [0.1, 0.15) is 71.1 Å². The van der Waals surface area contributed by atoms with Gasteiger partial charge in [0.1, 0.15) is 5.60 Å². The Hall–Kier alpha value is -0.530. The van der Waals surface area contributed by atoms with Crippen molar-refractivity contribution in [1.29, 1.82) is 0 Å². The van der Waals surface area contributed by atoms with Gasteiger partial charge in [-0.05, 0) is 44.9 Å². The monoisotopic (exact) mass is 224 g/mol. The molecule has 2 aliphatic rings. The summed E-state index contributed by atoms with van der Waals surface area (Å²) in [7, 11) is 0. The molecule has 2 fully saturated rings. The molecule has 0 unspecified atom stereocenters. The molecule has 0 aliphatic heterocycles. The SMILES string of the molecule is CCC1(OC(=O)C2CCCCC2)CCCC1. The van der Waals surface area contributed by atoms with E-state index in [0.717, 1.165) is 32.1 Å². The molecule has 0 radical (unpaired) electrons. The molecule has 92 valence electrons. The number of carbonyl (C=O) groups excluding carboxylic acids is 1. The van der Waals surface area contributed by atoms with E-state index in [2.05, 4.69) is 6.92 Å². The summed E-state index contributed by atoms with van der Waals surface area (Å²) in [6.07, 6.45) is 11.4. The third-order valence-corrected chi connectivity index (χ3v) is 4.41. The molecule has 0 heterocycles. The third-order valence-electron chi connectivity index (χ3n) is 4.41. The normalized spacial score (nSPS) is 25.6. The molecule has 2 rings (SSSR count). The predicted octanol–water partition coefficient (Wildman–Crippen LogP) is 3.83. The maximum Gasteiger partial charge on any atom is 0.309 e. The average molecular weight is 224 g/mol. The fraction of sp³-hybridized carbons (Fsp3) is 0.929. The van der Waals surface area contributed by atoms with Gasteiger partial charge < -0.3 is 4.74 Å². The van der Waals surface area contributed by atoms with E-state index < -0.39 is 0 Å². The van der Waals surface area contributed by atoms with Crippen LogP contribution in [0.25, 0.3) is 0 Å². The molecule has 0 spiro atoms. The summed E-state index contributed by atoms with van der Waals surface area (Å²) in [5.41, 5.74) is -0.0888. The number of rotatable bonds is 3. The molecule has 2 heteroatoms. The van der Waals surface area contributed by atoms with Crippen molar-refractivity contribution >= 4 is 5.97 Å². The number of hydrogen-bond acceptors (Lipinski definition) is 2. The van der Waals surface area contributed by atoms with E-state index in [1.807, 2.05) is 0 Å².